The van der Waals surface area contributed by atoms with Crippen LogP contribution in [0.15, 0.2) is 18.5 Å². The van der Waals surface area contributed by atoms with E-state index in [-0.39, 0.29) is 24.3 Å². The minimum absolute atomic E-state index is 0.0579. The van der Waals surface area contributed by atoms with Crippen LogP contribution >= 0.6 is 0 Å². The lowest BCUT2D eigenvalue weighted by molar-refractivity contribution is -0.147. The standard InChI is InChI=1S/C10H12N2O4S/c13-9(14)10(2-5-17(15,16)7-10)6-8-11-3-1-4-12-8/h1,3-4H,2,5-7H2,(H,13,14). The smallest absolute Gasteiger partial charge is 0.311 e. The average molecular weight is 256 g/mol. The van der Waals surface area contributed by atoms with Crippen molar-refractivity contribution in [1.29, 1.82) is 0 Å². The Kier molecular flexibility index (Phi) is 2.86. The summed E-state index contributed by atoms with van der Waals surface area (Å²) in [5.74, 6) is -1.13. The molecule has 1 unspecified atom stereocenters. The van der Waals surface area contributed by atoms with Crippen LogP contribution in [-0.2, 0) is 21.1 Å². The molecule has 1 saturated heterocycles. The highest BCUT2D eigenvalue weighted by Gasteiger charge is 2.48. The van der Waals surface area contributed by atoms with Crippen molar-refractivity contribution >= 4 is 15.8 Å². The molecule has 0 radical (unpaired) electrons. The van der Waals surface area contributed by atoms with E-state index in [0.29, 0.717) is 5.82 Å². The third kappa shape index (κ3) is 2.44. The van der Waals surface area contributed by atoms with Gasteiger partial charge >= 0.3 is 5.97 Å². The summed E-state index contributed by atoms with van der Waals surface area (Å²) in [5.41, 5.74) is -1.26. The van der Waals surface area contributed by atoms with Crippen molar-refractivity contribution in [2.75, 3.05) is 11.5 Å². The van der Waals surface area contributed by atoms with Crippen LogP contribution in [0.3, 0.4) is 0 Å². The Labute approximate surface area is 98.6 Å². The Hall–Kier alpha value is -1.50. The first-order chi connectivity index (χ1) is 7.94. The number of carbonyl (C=O) groups is 1. The van der Waals surface area contributed by atoms with E-state index in [4.69, 9.17) is 0 Å². The first kappa shape index (κ1) is 12.0. The molecule has 1 N–H and O–H groups in total. The minimum atomic E-state index is -3.26. The summed E-state index contributed by atoms with van der Waals surface area (Å²) in [6, 6.07) is 1.63. The fourth-order valence-electron chi connectivity index (χ4n) is 2.02. The van der Waals surface area contributed by atoms with Gasteiger partial charge in [0.05, 0.1) is 16.9 Å². The molecule has 0 spiro atoms. The highest BCUT2D eigenvalue weighted by Crippen LogP contribution is 2.35. The molecule has 92 valence electrons. The number of hydrogen-bond donors (Lipinski definition) is 1. The summed E-state index contributed by atoms with van der Waals surface area (Å²) in [4.78, 5) is 19.2. The van der Waals surface area contributed by atoms with Crippen molar-refractivity contribution in [1.82, 2.24) is 9.97 Å². The van der Waals surface area contributed by atoms with E-state index in [1.54, 1.807) is 6.07 Å². The van der Waals surface area contributed by atoms with Gasteiger partial charge in [0.2, 0.25) is 0 Å². The van der Waals surface area contributed by atoms with Crippen molar-refractivity contribution in [2.45, 2.75) is 12.8 Å². The molecule has 7 heteroatoms. The molecule has 0 aromatic carbocycles. The zero-order valence-corrected chi connectivity index (χ0v) is 9.85. The van der Waals surface area contributed by atoms with Gasteiger partial charge < -0.3 is 5.11 Å². The average Bonchev–Trinajstić information content (AvgIpc) is 2.57. The number of carboxylic acid groups (broad SMARTS) is 1. The predicted molar refractivity (Wildman–Crippen MR) is 59.1 cm³/mol. The van der Waals surface area contributed by atoms with E-state index in [2.05, 4.69) is 9.97 Å². The predicted octanol–water partition coefficient (Wildman–Crippen LogP) is -0.0914. The summed E-state index contributed by atoms with van der Waals surface area (Å²) < 4.78 is 22.9. The zero-order chi connectivity index (χ0) is 12.5. The summed E-state index contributed by atoms with van der Waals surface area (Å²) >= 11 is 0. The van der Waals surface area contributed by atoms with E-state index < -0.39 is 21.2 Å². The summed E-state index contributed by atoms with van der Waals surface area (Å²) in [6.07, 6.45) is 3.22. The Morgan fingerprint density at radius 2 is 2.06 bits per heavy atom. The molecule has 2 heterocycles. The van der Waals surface area contributed by atoms with E-state index in [1.807, 2.05) is 0 Å². The number of carboxylic acids is 1. The number of sulfone groups is 1. The van der Waals surface area contributed by atoms with Gasteiger partial charge in [0, 0.05) is 18.8 Å². The quantitative estimate of drug-likeness (QED) is 0.811. The van der Waals surface area contributed by atoms with Gasteiger partial charge in [-0.1, -0.05) is 0 Å². The van der Waals surface area contributed by atoms with Crippen LogP contribution in [0.25, 0.3) is 0 Å². The Morgan fingerprint density at radius 1 is 1.41 bits per heavy atom. The lowest BCUT2D eigenvalue weighted by Crippen LogP contribution is -2.35. The molecule has 0 saturated carbocycles. The SMILES string of the molecule is O=C(O)C1(Cc2ncccn2)CCS(=O)(=O)C1. The van der Waals surface area contributed by atoms with Gasteiger partial charge in [-0.2, -0.15) is 0 Å². The molecule has 1 aromatic rings. The van der Waals surface area contributed by atoms with Crippen molar-refractivity contribution in [3.8, 4) is 0 Å². The molecule has 1 aliphatic rings. The van der Waals surface area contributed by atoms with E-state index in [0.717, 1.165) is 0 Å². The van der Waals surface area contributed by atoms with E-state index >= 15 is 0 Å². The molecule has 17 heavy (non-hydrogen) atoms. The van der Waals surface area contributed by atoms with Gasteiger partial charge in [0.25, 0.3) is 0 Å². The van der Waals surface area contributed by atoms with Crippen LogP contribution < -0.4 is 0 Å². The largest absolute Gasteiger partial charge is 0.481 e. The van der Waals surface area contributed by atoms with Gasteiger partial charge in [0.1, 0.15) is 5.82 Å². The second-order valence-corrected chi connectivity index (χ2v) is 6.45. The van der Waals surface area contributed by atoms with Crippen LogP contribution in [0.2, 0.25) is 0 Å². The van der Waals surface area contributed by atoms with Crippen molar-refractivity contribution in [2.24, 2.45) is 5.41 Å². The van der Waals surface area contributed by atoms with Gasteiger partial charge in [0.15, 0.2) is 9.84 Å². The van der Waals surface area contributed by atoms with E-state index in [1.165, 1.54) is 12.4 Å². The van der Waals surface area contributed by atoms with Gasteiger partial charge in [-0.3, -0.25) is 4.79 Å². The summed E-state index contributed by atoms with van der Waals surface area (Å²) in [7, 11) is -3.26. The van der Waals surface area contributed by atoms with Gasteiger partial charge in [-0.15, -0.1) is 0 Å². The number of nitrogens with zero attached hydrogens (tertiary/aromatic N) is 2. The summed E-state index contributed by atoms with van der Waals surface area (Å²) in [6.45, 7) is 0. The van der Waals surface area contributed by atoms with Crippen LogP contribution in [0.5, 0.6) is 0 Å². The lowest BCUT2D eigenvalue weighted by Gasteiger charge is -2.20. The van der Waals surface area contributed by atoms with Crippen molar-refractivity contribution in [3.63, 3.8) is 0 Å². The first-order valence-corrected chi connectivity index (χ1v) is 6.95. The van der Waals surface area contributed by atoms with Crippen LogP contribution in [0.1, 0.15) is 12.2 Å². The lowest BCUT2D eigenvalue weighted by atomic mass is 9.84. The number of rotatable bonds is 3. The van der Waals surface area contributed by atoms with Gasteiger partial charge in [-0.05, 0) is 12.5 Å². The number of aliphatic carboxylic acids is 1. The Bertz CT molecular complexity index is 528. The normalized spacial score (nSPS) is 26.8. The molecule has 0 amide bonds. The third-order valence-electron chi connectivity index (χ3n) is 2.96. The van der Waals surface area contributed by atoms with Crippen LogP contribution in [0, 0.1) is 5.41 Å². The monoisotopic (exact) mass is 256 g/mol. The molecule has 1 fully saturated rings. The topological polar surface area (TPSA) is 97.2 Å². The zero-order valence-electron chi connectivity index (χ0n) is 9.04. The molecule has 2 rings (SSSR count). The van der Waals surface area contributed by atoms with E-state index in [9.17, 15) is 18.3 Å². The number of aromatic nitrogens is 2. The maximum absolute atomic E-state index is 11.4. The Balaban J connectivity index is 2.29. The molecule has 1 aliphatic heterocycles. The fourth-order valence-corrected chi connectivity index (χ4v) is 4.08. The van der Waals surface area contributed by atoms with Crippen LogP contribution in [0.4, 0.5) is 0 Å². The molecule has 0 aliphatic carbocycles. The maximum Gasteiger partial charge on any atom is 0.311 e. The molecular formula is C10H12N2O4S. The third-order valence-corrected chi connectivity index (χ3v) is 4.78. The summed E-state index contributed by atoms with van der Waals surface area (Å²) in [5, 5.41) is 9.24. The van der Waals surface area contributed by atoms with Crippen LogP contribution in [-0.4, -0.2) is 41.0 Å². The fraction of sp³-hybridized carbons (Fsp3) is 0.500. The second-order valence-electron chi connectivity index (χ2n) is 4.27. The maximum atomic E-state index is 11.4. The molecular weight excluding hydrogens is 244 g/mol. The van der Waals surface area contributed by atoms with Crippen molar-refractivity contribution in [3.05, 3.63) is 24.3 Å². The minimum Gasteiger partial charge on any atom is -0.481 e. The van der Waals surface area contributed by atoms with Gasteiger partial charge in [-0.25, -0.2) is 18.4 Å². The molecule has 6 nitrogen and oxygen atoms in total. The molecule has 0 bridgehead atoms. The molecule has 1 aromatic heterocycles. The highest BCUT2D eigenvalue weighted by atomic mass is 32.2. The number of hydrogen-bond acceptors (Lipinski definition) is 5. The highest BCUT2D eigenvalue weighted by molar-refractivity contribution is 7.91. The van der Waals surface area contributed by atoms with Crippen molar-refractivity contribution < 1.29 is 18.3 Å². The molecule has 1 atom stereocenters. The Morgan fingerprint density at radius 3 is 2.53 bits per heavy atom. The second kappa shape index (κ2) is 4.06. The first-order valence-electron chi connectivity index (χ1n) is 5.13.